The SMILES string of the molecule is [C-]#[N+]C1=C[C@@]2(C)c3nc(-c4ccccc4)n(-c4cccc(C)c4)c3CC[C@@H]2[C@@H](C)C1=O. The molecule has 0 N–H and O–H groups in total. The molecule has 0 aliphatic heterocycles. The first kappa shape index (κ1) is 19.5. The fourth-order valence-corrected chi connectivity index (χ4v) is 5.51. The molecule has 2 aliphatic rings. The van der Waals surface area contributed by atoms with E-state index in [-0.39, 0.29) is 23.3 Å². The van der Waals surface area contributed by atoms with Crippen molar-refractivity contribution in [3.63, 3.8) is 0 Å². The lowest BCUT2D eigenvalue weighted by atomic mass is 9.59. The van der Waals surface area contributed by atoms with E-state index in [0.29, 0.717) is 0 Å². The van der Waals surface area contributed by atoms with Gasteiger partial charge in [0.15, 0.2) is 5.78 Å². The summed E-state index contributed by atoms with van der Waals surface area (Å²) in [5, 5.41) is 0. The molecule has 0 saturated heterocycles. The highest BCUT2D eigenvalue weighted by Crippen LogP contribution is 2.50. The number of aryl methyl sites for hydroxylation is 1. The predicted molar refractivity (Wildman–Crippen MR) is 122 cm³/mol. The highest BCUT2D eigenvalue weighted by atomic mass is 16.1. The molecule has 3 aromatic rings. The molecule has 0 amide bonds. The Morgan fingerprint density at radius 2 is 1.94 bits per heavy atom. The first-order chi connectivity index (χ1) is 14.9. The summed E-state index contributed by atoms with van der Waals surface area (Å²) in [7, 11) is 0. The number of ketones is 1. The highest BCUT2D eigenvalue weighted by molar-refractivity contribution is 6.00. The molecule has 0 unspecified atom stereocenters. The van der Waals surface area contributed by atoms with Gasteiger partial charge in [0.1, 0.15) is 5.82 Å². The van der Waals surface area contributed by atoms with Crippen LogP contribution in [0.2, 0.25) is 0 Å². The minimum absolute atomic E-state index is 0.0256. The van der Waals surface area contributed by atoms with Crippen LogP contribution in [0.4, 0.5) is 0 Å². The van der Waals surface area contributed by atoms with Gasteiger partial charge in [-0.15, -0.1) is 0 Å². The lowest BCUT2D eigenvalue weighted by Crippen LogP contribution is -2.45. The number of carbonyl (C=O) groups excluding carboxylic acids is 1. The van der Waals surface area contributed by atoms with Crippen molar-refractivity contribution in [2.24, 2.45) is 11.8 Å². The van der Waals surface area contributed by atoms with Crippen LogP contribution in [0, 0.1) is 25.3 Å². The largest absolute Gasteiger partial charge is 0.308 e. The molecule has 4 nitrogen and oxygen atoms in total. The van der Waals surface area contributed by atoms with E-state index in [1.54, 1.807) is 0 Å². The maximum atomic E-state index is 12.7. The Kier molecular flexibility index (Phi) is 4.44. The summed E-state index contributed by atoms with van der Waals surface area (Å²) in [5.74, 6) is 0.877. The molecule has 154 valence electrons. The highest BCUT2D eigenvalue weighted by Gasteiger charge is 2.50. The summed E-state index contributed by atoms with van der Waals surface area (Å²) in [5.41, 5.74) is 5.38. The zero-order valence-electron chi connectivity index (χ0n) is 18.1. The molecular weight excluding hydrogens is 382 g/mol. The van der Waals surface area contributed by atoms with E-state index in [0.717, 1.165) is 35.6 Å². The zero-order valence-corrected chi connectivity index (χ0v) is 18.1. The fourth-order valence-electron chi connectivity index (χ4n) is 5.51. The third-order valence-electron chi connectivity index (χ3n) is 7.06. The zero-order chi connectivity index (χ0) is 21.8. The van der Waals surface area contributed by atoms with E-state index < -0.39 is 5.41 Å². The molecule has 2 aromatic carbocycles. The summed E-state index contributed by atoms with van der Waals surface area (Å²) >= 11 is 0. The topological polar surface area (TPSA) is 39.2 Å². The lowest BCUT2D eigenvalue weighted by Gasteiger charge is -2.44. The van der Waals surface area contributed by atoms with Gasteiger partial charge < -0.3 is 4.79 Å². The number of allylic oxidation sites excluding steroid dienone is 2. The molecule has 0 fully saturated rings. The average molecular weight is 408 g/mol. The Balaban J connectivity index is 1.81. The van der Waals surface area contributed by atoms with E-state index in [9.17, 15) is 4.79 Å². The molecule has 2 aliphatic carbocycles. The van der Waals surface area contributed by atoms with Crippen molar-refractivity contribution in [3.8, 4) is 17.1 Å². The number of nitrogens with zero attached hydrogens (tertiary/aromatic N) is 3. The predicted octanol–water partition coefficient (Wildman–Crippen LogP) is 5.69. The lowest BCUT2D eigenvalue weighted by molar-refractivity contribution is -0.121. The molecule has 4 heteroatoms. The Morgan fingerprint density at radius 3 is 2.65 bits per heavy atom. The summed E-state index contributed by atoms with van der Waals surface area (Å²) in [6.07, 6.45) is 3.67. The van der Waals surface area contributed by atoms with Crippen LogP contribution in [0.5, 0.6) is 0 Å². The van der Waals surface area contributed by atoms with E-state index in [1.807, 2.05) is 31.2 Å². The number of hydrogen-bond acceptors (Lipinski definition) is 2. The van der Waals surface area contributed by atoms with Gasteiger partial charge in [0, 0.05) is 28.3 Å². The monoisotopic (exact) mass is 407 g/mol. The van der Waals surface area contributed by atoms with Crippen LogP contribution >= 0.6 is 0 Å². The van der Waals surface area contributed by atoms with Crippen molar-refractivity contribution in [2.45, 2.75) is 39.0 Å². The number of fused-ring (bicyclic) bond motifs is 3. The van der Waals surface area contributed by atoms with Crippen LogP contribution in [0.1, 0.15) is 37.2 Å². The van der Waals surface area contributed by atoms with Crippen LogP contribution in [0.3, 0.4) is 0 Å². The quantitative estimate of drug-likeness (QED) is 0.512. The maximum absolute atomic E-state index is 12.7. The van der Waals surface area contributed by atoms with Crippen molar-refractivity contribution in [2.75, 3.05) is 0 Å². The summed E-state index contributed by atoms with van der Waals surface area (Å²) in [4.78, 5) is 21.5. The van der Waals surface area contributed by atoms with E-state index in [4.69, 9.17) is 11.6 Å². The van der Waals surface area contributed by atoms with Crippen LogP contribution < -0.4 is 0 Å². The number of carbonyl (C=O) groups is 1. The van der Waals surface area contributed by atoms with Crippen LogP contribution in [-0.2, 0) is 16.6 Å². The first-order valence-corrected chi connectivity index (χ1v) is 10.8. The van der Waals surface area contributed by atoms with Gasteiger partial charge in [-0.3, -0.25) is 4.57 Å². The molecule has 0 saturated carbocycles. The number of Topliss-reactive ketones (excluding diaryl/α,β-unsaturated/α-hetero) is 1. The smallest absolute Gasteiger partial charge is 0.226 e. The number of hydrogen-bond donors (Lipinski definition) is 0. The number of imidazole rings is 1. The molecule has 0 spiro atoms. The van der Waals surface area contributed by atoms with Crippen LogP contribution in [-0.4, -0.2) is 15.3 Å². The molecule has 1 aromatic heterocycles. The molecule has 31 heavy (non-hydrogen) atoms. The molecule has 3 atom stereocenters. The van der Waals surface area contributed by atoms with Crippen molar-refractivity contribution in [3.05, 3.63) is 94.7 Å². The Hall–Kier alpha value is -3.45. The Labute approximate surface area is 183 Å². The fraction of sp³-hybridized carbons (Fsp3) is 0.296. The van der Waals surface area contributed by atoms with E-state index in [2.05, 4.69) is 59.7 Å². The van der Waals surface area contributed by atoms with E-state index in [1.165, 1.54) is 11.3 Å². The Bertz CT molecular complexity index is 1260. The number of aromatic nitrogens is 2. The van der Waals surface area contributed by atoms with Crippen LogP contribution in [0.25, 0.3) is 21.9 Å². The number of rotatable bonds is 2. The van der Waals surface area contributed by atoms with Crippen molar-refractivity contribution in [1.29, 1.82) is 0 Å². The van der Waals surface area contributed by atoms with Gasteiger partial charge in [0.2, 0.25) is 5.70 Å². The third-order valence-corrected chi connectivity index (χ3v) is 7.06. The van der Waals surface area contributed by atoms with E-state index >= 15 is 0 Å². The molecule has 0 bridgehead atoms. The minimum atomic E-state index is -0.431. The van der Waals surface area contributed by atoms with Gasteiger partial charge in [0.25, 0.3) is 0 Å². The van der Waals surface area contributed by atoms with Gasteiger partial charge in [-0.05, 0) is 43.4 Å². The van der Waals surface area contributed by atoms with Gasteiger partial charge in [-0.2, -0.15) is 0 Å². The summed E-state index contributed by atoms with van der Waals surface area (Å²) in [6, 6.07) is 18.8. The standard InChI is InChI=1S/C27H25N3O/c1-17-9-8-12-20(15-17)30-23-14-13-21-18(2)24(31)22(28-4)16-27(21,3)25(23)29-26(30)19-10-6-5-7-11-19/h5-12,15-16,18,21H,13-14H2,1-3H3/t18-,21-,27-/m1/s1. The van der Waals surface area contributed by atoms with Crippen molar-refractivity contribution in [1.82, 2.24) is 9.55 Å². The first-order valence-electron chi connectivity index (χ1n) is 10.8. The Morgan fingerprint density at radius 1 is 1.16 bits per heavy atom. The molecule has 1 heterocycles. The molecule has 0 radical (unpaired) electrons. The summed E-state index contributed by atoms with van der Waals surface area (Å²) in [6.45, 7) is 13.8. The molecule has 5 rings (SSSR count). The van der Waals surface area contributed by atoms with Gasteiger partial charge in [0.05, 0.1) is 12.3 Å². The maximum Gasteiger partial charge on any atom is 0.226 e. The molecular formula is C27H25N3O. The minimum Gasteiger partial charge on any atom is -0.308 e. The second-order valence-electron chi connectivity index (χ2n) is 8.99. The van der Waals surface area contributed by atoms with Crippen LogP contribution in [0.15, 0.2) is 66.4 Å². The second kappa shape index (κ2) is 7.06. The number of benzene rings is 2. The second-order valence-corrected chi connectivity index (χ2v) is 8.99. The average Bonchev–Trinajstić information content (AvgIpc) is 3.18. The van der Waals surface area contributed by atoms with Crippen molar-refractivity contribution < 1.29 is 4.79 Å². The normalized spacial score (nSPS) is 24.7. The van der Waals surface area contributed by atoms with Gasteiger partial charge >= 0.3 is 0 Å². The summed E-state index contributed by atoms with van der Waals surface area (Å²) < 4.78 is 2.28. The van der Waals surface area contributed by atoms with Gasteiger partial charge in [-0.1, -0.05) is 62.4 Å². The van der Waals surface area contributed by atoms with Gasteiger partial charge in [-0.25, -0.2) is 9.83 Å². The third kappa shape index (κ3) is 2.88. The van der Waals surface area contributed by atoms with Crippen molar-refractivity contribution >= 4 is 5.78 Å².